The average Bonchev–Trinajstić information content (AvgIpc) is 2.11. The van der Waals surface area contributed by atoms with E-state index in [4.69, 9.17) is 9.84 Å². The largest absolute Gasteiger partial charge is 0.511 e. The van der Waals surface area contributed by atoms with Gasteiger partial charge in [0.15, 0.2) is 0 Å². The van der Waals surface area contributed by atoms with Gasteiger partial charge in [0.25, 0.3) is 0 Å². The molecule has 0 spiro atoms. The molecule has 1 atom stereocenters. The molecule has 7 heteroatoms. The van der Waals surface area contributed by atoms with Crippen LogP contribution in [-0.4, -0.2) is 36.1 Å². The second-order valence-corrected chi connectivity index (χ2v) is 4.85. The molecule has 1 unspecified atom stereocenters. The molecule has 0 radical (unpaired) electrons. The molecule has 0 aliphatic rings. The first kappa shape index (κ1) is 16.2. The molecule has 1 N–H and O–H groups in total. The Kier molecular flexibility index (Phi) is 6.15. The Balaban J connectivity index is 3.94. The predicted octanol–water partition coefficient (Wildman–Crippen LogP) is 1.55. The molecule has 104 valence electrons. The zero-order valence-electron chi connectivity index (χ0n) is 10.9. The van der Waals surface area contributed by atoms with Gasteiger partial charge in [-0.3, -0.25) is 9.59 Å². The van der Waals surface area contributed by atoms with Crippen molar-refractivity contribution in [2.24, 2.45) is 5.41 Å². The molecule has 0 fully saturated rings. The van der Waals surface area contributed by atoms with Crippen LogP contribution in [0.1, 0.15) is 34.1 Å². The highest BCUT2D eigenvalue weighted by Crippen LogP contribution is 2.13. The van der Waals surface area contributed by atoms with E-state index in [0.29, 0.717) is 0 Å². The molecule has 18 heavy (non-hydrogen) atoms. The van der Waals surface area contributed by atoms with Gasteiger partial charge >= 0.3 is 18.1 Å². The number of carboxylic acids is 1. The normalized spacial score (nSPS) is 12.4. The van der Waals surface area contributed by atoms with Crippen molar-refractivity contribution in [2.45, 2.75) is 40.4 Å². The number of ether oxygens (including phenoxy) is 3. The second-order valence-electron chi connectivity index (χ2n) is 4.85. The first-order valence-electron chi connectivity index (χ1n) is 5.35. The fourth-order valence-electron chi connectivity index (χ4n) is 0.819. The van der Waals surface area contributed by atoms with Crippen LogP contribution in [-0.2, 0) is 23.8 Å². The number of carbonyl (C=O) groups is 3. The summed E-state index contributed by atoms with van der Waals surface area (Å²) in [5.74, 6) is -2.30. The van der Waals surface area contributed by atoms with Crippen LogP contribution in [0, 0.1) is 5.41 Å². The zero-order valence-corrected chi connectivity index (χ0v) is 10.9. The van der Waals surface area contributed by atoms with Crippen molar-refractivity contribution in [1.82, 2.24) is 0 Å². The highest BCUT2D eigenvalue weighted by molar-refractivity contribution is 5.90. The quantitative estimate of drug-likeness (QED) is 0.455. The van der Waals surface area contributed by atoms with Crippen LogP contribution >= 0.6 is 0 Å². The number of hydrogen-bond acceptors (Lipinski definition) is 6. The van der Waals surface area contributed by atoms with Gasteiger partial charge < -0.3 is 19.3 Å². The summed E-state index contributed by atoms with van der Waals surface area (Å²) in [6.07, 6.45) is -2.95. The third kappa shape index (κ3) is 9.44. The molecule has 0 saturated carbocycles. The third-order valence-electron chi connectivity index (χ3n) is 1.48. The Labute approximate surface area is 105 Å². The van der Waals surface area contributed by atoms with Crippen molar-refractivity contribution in [3.8, 4) is 0 Å². The molecular weight excluding hydrogens is 244 g/mol. The molecule has 0 bridgehead atoms. The van der Waals surface area contributed by atoms with Crippen LogP contribution in [0.3, 0.4) is 0 Å². The fraction of sp³-hybridized carbons (Fsp3) is 0.727. The standard InChI is InChI=1S/C11H18O7/c1-7(17-9(14)5-8(12)13)18-10(15)16-6-11(2,3)4/h7H,5-6H2,1-4H3,(H,12,13). The maximum atomic E-state index is 11.2. The molecular formula is C11H18O7. The number of esters is 1. The zero-order chi connectivity index (χ0) is 14.3. The minimum absolute atomic E-state index is 0.154. The lowest BCUT2D eigenvalue weighted by Gasteiger charge is -2.19. The highest BCUT2D eigenvalue weighted by atomic mass is 16.8. The Morgan fingerprint density at radius 2 is 1.72 bits per heavy atom. The Morgan fingerprint density at radius 1 is 1.17 bits per heavy atom. The van der Waals surface area contributed by atoms with Crippen LogP contribution < -0.4 is 0 Å². The molecule has 0 aromatic carbocycles. The summed E-state index contributed by atoms with van der Waals surface area (Å²) < 4.78 is 13.9. The van der Waals surface area contributed by atoms with Gasteiger partial charge in [-0.1, -0.05) is 20.8 Å². The van der Waals surface area contributed by atoms with Crippen LogP contribution in [0.25, 0.3) is 0 Å². The number of carboxylic acid groups (broad SMARTS) is 1. The fourth-order valence-corrected chi connectivity index (χ4v) is 0.819. The third-order valence-corrected chi connectivity index (χ3v) is 1.48. The number of hydrogen-bond donors (Lipinski definition) is 1. The van der Waals surface area contributed by atoms with Gasteiger partial charge in [-0.2, -0.15) is 0 Å². The molecule has 0 amide bonds. The van der Waals surface area contributed by atoms with Crippen LogP contribution in [0.15, 0.2) is 0 Å². The molecule has 0 aliphatic heterocycles. The van der Waals surface area contributed by atoms with Crippen molar-refractivity contribution in [3.63, 3.8) is 0 Å². The Morgan fingerprint density at radius 3 is 2.17 bits per heavy atom. The summed E-state index contributed by atoms with van der Waals surface area (Å²) >= 11 is 0. The van der Waals surface area contributed by atoms with Crippen molar-refractivity contribution in [2.75, 3.05) is 6.61 Å². The molecule has 0 rings (SSSR count). The Bertz CT molecular complexity index is 316. The smallest absolute Gasteiger partial charge is 0.481 e. The monoisotopic (exact) mass is 262 g/mol. The average molecular weight is 262 g/mol. The summed E-state index contributed by atoms with van der Waals surface area (Å²) in [5, 5.41) is 8.32. The first-order chi connectivity index (χ1) is 8.10. The second kappa shape index (κ2) is 6.83. The lowest BCUT2D eigenvalue weighted by molar-refractivity contribution is -0.170. The summed E-state index contributed by atoms with van der Waals surface area (Å²) in [7, 11) is 0. The minimum atomic E-state index is -1.32. The summed E-state index contributed by atoms with van der Waals surface area (Å²) in [6, 6.07) is 0. The molecule has 0 aromatic heterocycles. The summed E-state index contributed by atoms with van der Waals surface area (Å²) in [6.45, 7) is 7.06. The topological polar surface area (TPSA) is 99.1 Å². The van der Waals surface area contributed by atoms with Gasteiger partial charge in [0.2, 0.25) is 6.29 Å². The minimum Gasteiger partial charge on any atom is -0.481 e. The van der Waals surface area contributed by atoms with Gasteiger partial charge in [0.05, 0.1) is 6.61 Å². The summed E-state index contributed by atoms with van der Waals surface area (Å²) in [5.41, 5.74) is -0.206. The van der Waals surface area contributed by atoms with E-state index in [1.807, 2.05) is 20.8 Å². The first-order valence-corrected chi connectivity index (χ1v) is 5.35. The number of aliphatic carboxylic acids is 1. The van der Waals surface area contributed by atoms with Crippen molar-refractivity contribution >= 4 is 18.1 Å². The predicted molar refractivity (Wildman–Crippen MR) is 59.7 cm³/mol. The van der Waals surface area contributed by atoms with E-state index < -0.39 is 30.8 Å². The van der Waals surface area contributed by atoms with Gasteiger partial charge in [0, 0.05) is 6.92 Å². The van der Waals surface area contributed by atoms with Gasteiger partial charge in [0.1, 0.15) is 6.42 Å². The molecule has 0 aromatic rings. The van der Waals surface area contributed by atoms with E-state index in [1.165, 1.54) is 6.92 Å². The highest BCUT2D eigenvalue weighted by Gasteiger charge is 2.19. The Hall–Kier alpha value is -1.79. The van der Waals surface area contributed by atoms with E-state index in [2.05, 4.69) is 9.47 Å². The van der Waals surface area contributed by atoms with Gasteiger partial charge in [-0.15, -0.1) is 0 Å². The van der Waals surface area contributed by atoms with Crippen molar-refractivity contribution in [1.29, 1.82) is 0 Å². The molecule has 0 heterocycles. The number of carbonyl (C=O) groups excluding carboxylic acids is 2. The van der Waals surface area contributed by atoms with E-state index >= 15 is 0 Å². The lowest BCUT2D eigenvalue weighted by Crippen LogP contribution is -2.25. The molecule has 0 saturated heterocycles. The maximum Gasteiger partial charge on any atom is 0.511 e. The van der Waals surface area contributed by atoms with Gasteiger partial charge in [-0.05, 0) is 5.41 Å². The maximum absolute atomic E-state index is 11.2. The van der Waals surface area contributed by atoms with Crippen LogP contribution in [0.2, 0.25) is 0 Å². The van der Waals surface area contributed by atoms with E-state index in [9.17, 15) is 14.4 Å². The summed E-state index contributed by atoms with van der Waals surface area (Å²) in [4.78, 5) is 32.3. The van der Waals surface area contributed by atoms with Crippen molar-refractivity contribution < 1.29 is 33.7 Å². The SMILES string of the molecule is CC(OC(=O)CC(=O)O)OC(=O)OCC(C)(C)C. The van der Waals surface area contributed by atoms with E-state index in [1.54, 1.807) is 0 Å². The van der Waals surface area contributed by atoms with Crippen LogP contribution in [0.5, 0.6) is 0 Å². The van der Waals surface area contributed by atoms with E-state index in [0.717, 1.165) is 0 Å². The van der Waals surface area contributed by atoms with Crippen LogP contribution in [0.4, 0.5) is 4.79 Å². The van der Waals surface area contributed by atoms with Gasteiger partial charge in [-0.25, -0.2) is 4.79 Å². The number of rotatable bonds is 5. The lowest BCUT2D eigenvalue weighted by atomic mass is 9.99. The van der Waals surface area contributed by atoms with Crippen molar-refractivity contribution in [3.05, 3.63) is 0 Å². The molecule has 0 aliphatic carbocycles. The molecule has 7 nitrogen and oxygen atoms in total. The van der Waals surface area contributed by atoms with E-state index in [-0.39, 0.29) is 12.0 Å².